The van der Waals surface area contributed by atoms with Crippen LogP contribution in [0.5, 0.6) is 5.75 Å². The van der Waals surface area contributed by atoms with Crippen LogP contribution >= 0.6 is 11.8 Å². The van der Waals surface area contributed by atoms with E-state index in [9.17, 15) is 4.79 Å². The summed E-state index contributed by atoms with van der Waals surface area (Å²) in [5.74, 6) is 0.353. The first-order valence-electron chi connectivity index (χ1n) is 11.8. The first-order valence-corrected chi connectivity index (χ1v) is 12.6. The molecule has 1 amide bonds. The van der Waals surface area contributed by atoms with E-state index >= 15 is 0 Å². The molecule has 2 aromatic carbocycles. The van der Waals surface area contributed by atoms with Crippen molar-refractivity contribution in [2.24, 2.45) is 10.1 Å². The Morgan fingerprint density at radius 3 is 2.56 bits per heavy atom. The quantitative estimate of drug-likeness (QED) is 0.445. The first kappa shape index (κ1) is 23.8. The minimum Gasteiger partial charge on any atom is -0.486 e. The minimum absolute atomic E-state index is 0.0143. The van der Waals surface area contributed by atoms with E-state index < -0.39 is 5.91 Å². The fraction of sp³-hybridized carbons (Fsp3) is 0.214. The molecule has 0 radical (unpaired) electrons. The van der Waals surface area contributed by atoms with Gasteiger partial charge in [0.1, 0.15) is 17.4 Å². The molecule has 3 heterocycles. The molecule has 0 atom stereocenters. The van der Waals surface area contributed by atoms with Gasteiger partial charge in [0.05, 0.1) is 5.57 Å². The normalized spacial score (nSPS) is 16.3. The summed E-state index contributed by atoms with van der Waals surface area (Å²) in [4.78, 5) is 17.1. The molecule has 0 aliphatic carbocycles. The van der Waals surface area contributed by atoms with Crippen molar-refractivity contribution in [1.29, 1.82) is 5.41 Å². The zero-order chi connectivity index (χ0) is 25.4. The molecule has 0 saturated carbocycles. The van der Waals surface area contributed by atoms with Crippen LogP contribution < -0.4 is 4.74 Å². The third-order valence-corrected chi connectivity index (χ3v) is 7.20. The van der Waals surface area contributed by atoms with E-state index in [1.165, 1.54) is 22.3 Å². The Morgan fingerprint density at radius 2 is 1.83 bits per heavy atom. The SMILES string of the molecule is CCc1ccc(-n2c(C)cc(C=C3C(=N)N4N=C(COc5ccccc5C)SC4=NC3=O)c2C)cc1. The molecule has 36 heavy (non-hydrogen) atoms. The number of hydrazone groups is 1. The number of aromatic nitrogens is 1. The number of hydrogen-bond acceptors (Lipinski definition) is 5. The summed E-state index contributed by atoms with van der Waals surface area (Å²) in [6, 6.07) is 18.3. The number of amides is 1. The molecule has 0 unspecified atom stereocenters. The summed E-state index contributed by atoms with van der Waals surface area (Å²) in [5, 5.41) is 15.6. The monoisotopic (exact) mass is 497 g/mol. The van der Waals surface area contributed by atoms with E-state index in [0.717, 1.165) is 40.4 Å². The number of carbonyl (C=O) groups is 1. The average Bonchev–Trinajstić information content (AvgIpc) is 3.40. The van der Waals surface area contributed by atoms with Gasteiger partial charge >= 0.3 is 0 Å². The molecule has 0 bridgehead atoms. The van der Waals surface area contributed by atoms with E-state index in [-0.39, 0.29) is 18.0 Å². The highest BCUT2D eigenvalue weighted by atomic mass is 32.2. The third kappa shape index (κ3) is 4.40. The van der Waals surface area contributed by atoms with E-state index in [0.29, 0.717) is 10.2 Å². The number of amidine groups is 2. The molecule has 0 fully saturated rings. The molecule has 5 rings (SSSR count). The largest absolute Gasteiger partial charge is 0.486 e. The molecule has 2 aliphatic heterocycles. The zero-order valence-corrected chi connectivity index (χ0v) is 21.5. The number of benzene rings is 2. The van der Waals surface area contributed by atoms with Crippen molar-refractivity contribution in [3.05, 3.63) is 88.2 Å². The van der Waals surface area contributed by atoms with Crippen LogP contribution in [0, 0.1) is 26.2 Å². The lowest BCUT2D eigenvalue weighted by Gasteiger charge is -2.20. The van der Waals surface area contributed by atoms with E-state index in [2.05, 4.69) is 45.9 Å². The van der Waals surface area contributed by atoms with Gasteiger partial charge in [0.15, 0.2) is 5.84 Å². The van der Waals surface area contributed by atoms with Crippen molar-refractivity contribution in [3.63, 3.8) is 0 Å². The van der Waals surface area contributed by atoms with Crippen LogP contribution in [0.3, 0.4) is 0 Å². The van der Waals surface area contributed by atoms with Gasteiger partial charge in [0.25, 0.3) is 5.91 Å². The molecule has 0 spiro atoms. The number of carbonyl (C=O) groups excluding carboxylic acids is 1. The van der Waals surface area contributed by atoms with Crippen molar-refractivity contribution < 1.29 is 9.53 Å². The van der Waals surface area contributed by atoms with Gasteiger partial charge in [-0.05, 0) is 86.0 Å². The predicted molar refractivity (Wildman–Crippen MR) is 146 cm³/mol. The molecule has 2 aliphatic rings. The fourth-order valence-electron chi connectivity index (χ4n) is 4.32. The molecule has 3 aromatic rings. The number of nitrogens with zero attached hydrogens (tertiary/aromatic N) is 4. The Labute approximate surface area is 214 Å². The van der Waals surface area contributed by atoms with Crippen LogP contribution in [0.15, 0.2) is 70.3 Å². The molecular weight excluding hydrogens is 470 g/mol. The number of aliphatic imine (C=N–C) groups is 1. The predicted octanol–water partition coefficient (Wildman–Crippen LogP) is 5.66. The summed E-state index contributed by atoms with van der Waals surface area (Å²) in [6.07, 6.45) is 2.73. The van der Waals surface area contributed by atoms with Crippen LogP contribution in [0.25, 0.3) is 11.8 Å². The number of rotatable bonds is 6. The Hall–Kier alpha value is -3.91. The van der Waals surface area contributed by atoms with Crippen LogP contribution in [-0.4, -0.2) is 38.1 Å². The number of ether oxygens (including phenoxy) is 1. The standard InChI is InChI=1S/C28H27N5O2S/c1-5-20-10-12-22(13-11-20)32-18(3)14-21(19(32)4)15-23-26(29)33-28(30-27(23)34)36-25(31-33)16-35-24-9-7-6-8-17(24)2/h6-15,29H,5,16H2,1-4H3. The smallest absolute Gasteiger partial charge is 0.283 e. The fourth-order valence-corrected chi connectivity index (χ4v) is 5.11. The third-order valence-electron chi connectivity index (χ3n) is 6.31. The van der Waals surface area contributed by atoms with Gasteiger partial charge in [0.2, 0.25) is 5.17 Å². The van der Waals surface area contributed by atoms with E-state index in [4.69, 9.17) is 10.1 Å². The lowest BCUT2D eigenvalue weighted by atomic mass is 10.1. The van der Waals surface area contributed by atoms with Crippen LogP contribution in [0.1, 0.15) is 35.0 Å². The van der Waals surface area contributed by atoms with E-state index in [1.54, 1.807) is 6.08 Å². The minimum atomic E-state index is -0.438. The number of aryl methyl sites for hydroxylation is 3. The zero-order valence-electron chi connectivity index (χ0n) is 20.7. The molecule has 1 aromatic heterocycles. The van der Waals surface area contributed by atoms with Crippen LogP contribution in [-0.2, 0) is 11.2 Å². The molecule has 1 N–H and O–H groups in total. The second kappa shape index (κ2) is 9.62. The van der Waals surface area contributed by atoms with Gasteiger partial charge in [-0.1, -0.05) is 37.3 Å². The van der Waals surface area contributed by atoms with Gasteiger partial charge in [0, 0.05) is 17.1 Å². The number of fused-ring (bicyclic) bond motifs is 1. The molecule has 0 saturated heterocycles. The summed E-state index contributed by atoms with van der Waals surface area (Å²) >= 11 is 1.25. The van der Waals surface area contributed by atoms with Gasteiger partial charge in [-0.3, -0.25) is 10.2 Å². The summed E-state index contributed by atoms with van der Waals surface area (Å²) < 4.78 is 8.05. The molecule has 7 nitrogen and oxygen atoms in total. The second-order valence-electron chi connectivity index (χ2n) is 8.75. The summed E-state index contributed by atoms with van der Waals surface area (Å²) in [7, 11) is 0. The van der Waals surface area contributed by atoms with Gasteiger partial charge in [-0.2, -0.15) is 15.1 Å². The maximum absolute atomic E-state index is 12.9. The van der Waals surface area contributed by atoms with E-state index in [1.807, 2.05) is 51.1 Å². The Morgan fingerprint density at radius 1 is 1.08 bits per heavy atom. The Balaban J connectivity index is 1.39. The van der Waals surface area contributed by atoms with Gasteiger partial charge in [-0.15, -0.1) is 0 Å². The maximum Gasteiger partial charge on any atom is 0.283 e. The van der Waals surface area contributed by atoms with Crippen molar-refractivity contribution in [1.82, 2.24) is 9.58 Å². The van der Waals surface area contributed by atoms with Crippen LogP contribution in [0.2, 0.25) is 0 Å². The van der Waals surface area contributed by atoms with Crippen LogP contribution in [0.4, 0.5) is 0 Å². The lowest BCUT2D eigenvalue weighted by Crippen LogP contribution is -2.35. The number of para-hydroxylation sites is 1. The lowest BCUT2D eigenvalue weighted by molar-refractivity contribution is -0.114. The van der Waals surface area contributed by atoms with Crippen molar-refractivity contribution >= 4 is 39.8 Å². The summed E-state index contributed by atoms with van der Waals surface area (Å²) in [6.45, 7) is 8.41. The number of nitrogens with one attached hydrogen (secondary N) is 1. The topological polar surface area (TPSA) is 83.0 Å². The maximum atomic E-state index is 12.9. The second-order valence-corrected chi connectivity index (χ2v) is 9.79. The highest BCUT2D eigenvalue weighted by molar-refractivity contribution is 8.27. The van der Waals surface area contributed by atoms with Gasteiger partial charge in [-0.25, -0.2) is 0 Å². The number of thioether (sulfide) groups is 1. The van der Waals surface area contributed by atoms with Gasteiger partial charge < -0.3 is 9.30 Å². The first-order chi connectivity index (χ1) is 17.4. The Bertz CT molecular complexity index is 1460. The summed E-state index contributed by atoms with van der Waals surface area (Å²) in [5.41, 5.74) is 6.51. The average molecular weight is 498 g/mol. The van der Waals surface area contributed by atoms with Crippen molar-refractivity contribution in [2.75, 3.05) is 6.61 Å². The van der Waals surface area contributed by atoms with Crippen molar-refractivity contribution in [2.45, 2.75) is 34.1 Å². The number of hydrogen-bond donors (Lipinski definition) is 1. The molecule has 182 valence electrons. The highest BCUT2D eigenvalue weighted by Gasteiger charge is 2.36. The Kier molecular flexibility index (Phi) is 6.36. The van der Waals surface area contributed by atoms with Crippen molar-refractivity contribution in [3.8, 4) is 11.4 Å². The molecule has 8 heteroatoms. The molecular formula is C28H27N5O2S. The highest BCUT2D eigenvalue weighted by Crippen LogP contribution is 2.30.